The Morgan fingerprint density at radius 3 is 2.64 bits per heavy atom. The van der Waals surface area contributed by atoms with Crippen molar-refractivity contribution < 1.29 is 4.74 Å². The summed E-state index contributed by atoms with van der Waals surface area (Å²) in [5.74, 6) is 0.593. The number of rotatable bonds is 5. The molecule has 0 radical (unpaired) electrons. The van der Waals surface area contributed by atoms with E-state index in [0.717, 1.165) is 61.2 Å². The molecule has 1 saturated heterocycles. The Bertz CT molecular complexity index is 1160. The molecule has 1 aromatic carbocycles. The number of anilines is 1. The molecule has 3 N–H and O–H groups in total. The number of benzene rings is 1. The average molecular weight is 449 g/mol. The Hall–Kier alpha value is -2.97. The number of hydrogen-bond acceptors (Lipinski definition) is 6. The van der Waals surface area contributed by atoms with Gasteiger partial charge in [-0.3, -0.25) is 9.13 Å². The van der Waals surface area contributed by atoms with E-state index in [2.05, 4.69) is 10.3 Å². The van der Waals surface area contributed by atoms with Crippen molar-refractivity contribution in [1.29, 1.82) is 0 Å². The van der Waals surface area contributed by atoms with E-state index >= 15 is 0 Å². The quantitative estimate of drug-likeness (QED) is 0.620. The monoisotopic (exact) mass is 448 g/mol. The Kier molecular flexibility index (Phi) is 6.28. The summed E-state index contributed by atoms with van der Waals surface area (Å²) < 4.78 is 9.15. The average Bonchev–Trinajstić information content (AvgIpc) is 3.18. The normalized spacial score (nSPS) is 21.8. The minimum absolute atomic E-state index is 0.0445. The number of aryl methyl sites for hydroxylation is 1. The fourth-order valence-corrected chi connectivity index (χ4v) is 4.90. The highest BCUT2D eigenvalue weighted by Crippen LogP contribution is 2.27. The van der Waals surface area contributed by atoms with Gasteiger partial charge in [0.2, 0.25) is 5.95 Å². The number of nitrogens with zero attached hydrogens (tertiary/aromatic N) is 4. The molecule has 0 spiro atoms. The van der Waals surface area contributed by atoms with Crippen LogP contribution in [0.15, 0.2) is 47.5 Å². The SMILES string of the molecule is Cc1cccc(-n2c(-c3ccnc(NC4CCC(N)CC4)n3)cn(C3CCOCC3)c2=O)c1. The topological polar surface area (TPSA) is 100.0 Å². The first-order valence-electron chi connectivity index (χ1n) is 11.9. The van der Waals surface area contributed by atoms with Crippen molar-refractivity contribution in [3.05, 3.63) is 58.8 Å². The fraction of sp³-hybridized carbons (Fsp3) is 0.480. The molecule has 2 aliphatic rings. The molecule has 2 fully saturated rings. The lowest BCUT2D eigenvalue weighted by atomic mass is 9.92. The molecule has 0 amide bonds. The number of hydrogen-bond donors (Lipinski definition) is 2. The van der Waals surface area contributed by atoms with E-state index < -0.39 is 0 Å². The Morgan fingerprint density at radius 2 is 1.88 bits per heavy atom. The molecule has 0 unspecified atom stereocenters. The zero-order chi connectivity index (χ0) is 22.8. The molecule has 1 aliphatic carbocycles. The molecule has 0 bridgehead atoms. The second-order valence-corrected chi connectivity index (χ2v) is 9.24. The number of aromatic nitrogens is 4. The summed E-state index contributed by atoms with van der Waals surface area (Å²) in [5, 5.41) is 3.48. The van der Waals surface area contributed by atoms with Crippen molar-refractivity contribution in [2.24, 2.45) is 5.73 Å². The molecule has 8 heteroatoms. The van der Waals surface area contributed by atoms with Crippen LogP contribution >= 0.6 is 0 Å². The second-order valence-electron chi connectivity index (χ2n) is 9.24. The van der Waals surface area contributed by atoms with E-state index in [1.165, 1.54) is 0 Å². The predicted octanol–water partition coefficient (Wildman–Crippen LogP) is 3.44. The lowest BCUT2D eigenvalue weighted by molar-refractivity contribution is 0.0686. The van der Waals surface area contributed by atoms with Gasteiger partial charge in [0.1, 0.15) is 0 Å². The third-order valence-electron chi connectivity index (χ3n) is 6.78. The van der Waals surface area contributed by atoms with Gasteiger partial charge >= 0.3 is 5.69 Å². The van der Waals surface area contributed by atoms with Crippen LogP contribution in [0.3, 0.4) is 0 Å². The summed E-state index contributed by atoms with van der Waals surface area (Å²) in [4.78, 5) is 22.9. The minimum Gasteiger partial charge on any atom is -0.381 e. The van der Waals surface area contributed by atoms with Crippen LogP contribution in [0.1, 0.15) is 50.1 Å². The number of imidazole rings is 1. The van der Waals surface area contributed by atoms with Gasteiger partial charge in [-0.15, -0.1) is 0 Å². The van der Waals surface area contributed by atoms with Gasteiger partial charge in [0.15, 0.2) is 0 Å². The number of ether oxygens (including phenoxy) is 1. The summed E-state index contributed by atoms with van der Waals surface area (Å²) in [5.41, 5.74) is 9.45. The van der Waals surface area contributed by atoms with Gasteiger partial charge in [-0.05, 0) is 69.2 Å². The highest BCUT2D eigenvalue weighted by molar-refractivity contribution is 5.59. The van der Waals surface area contributed by atoms with Gasteiger partial charge in [0, 0.05) is 43.7 Å². The molecule has 1 aliphatic heterocycles. The lowest BCUT2D eigenvalue weighted by Crippen LogP contribution is -2.33. The van der Waals surface area contributed by atoms with Crippen molar-refractivity contribution >= 4 is 5.95 Å². The van der Waals surface area contributed by atoms with Crippen LogP contribution in [0.4, 0.5) is 5.95 Å². The summed E-state index contributed by atoms with van der Waals surface area (Å²) >= 11 is 0. The molecule has 174 valence electrons. The molecule has 0 atom stereocenters. The van der Waals surface area contributed by atoms with Gasteiger partial charge in [-0.1, -0.05) is 12.1 Å². The Labute approximate surface area is 193 Å². The van der Waals surface area contributed by atoms with Crippen molar-refractivity contribution in [2.75, 3.05) is 18.5 Å². The second kappa shape index (κ2) is 9.49. The van der Waals surface area contributed by atoms with Crippen molar-refractivity contribution in [3.8, 4) is 17.1 Å². The molecule has 33 heavy (non-hydrogen) atoms. The first-order valence-corrected chi connectivity index (χ1v) is 11.9. The highest BCUT2D eigenvalue weighted by Gasteiger charge is 2.24. The van der Waals surface area contributed by atoms with E-state index in [1.807, 2.05) is 48.0 Å². The molecule has 3 aromatic rings. The largest absolute Gasteiger partial charge is 0.381 e. The van der Waals surface area contributed by atoms with Crippen LogP contribution in [-0.2, 0) is 4.74 Å². The van der Waals surface area contributed by atoms with Crippen LogP contribution in [-0.4, -0.2) is 44.4 Å². The number of nitrogens with two attached hydrogens (primary N) is 1. The number of nitrogens with one attached hydrogen (secondary N) is 1. The molecular formula is C25H32N6O2. The maximum absolute atomic E-state index is 13.6. The summed E-state index contributed by atoms with van der Waals surface area (Å²) in [6.45, 7) is 3.38. The predicted molar refractivity (Wildman–Crippen MR) is 129 cm³/mol. The van der Waals surface area contributed by atoms with Crippen LogP contribution in [0.25, 0.3) is 17.1 Å². The maximum Gasteiger partial charge on any atom is 0.333 e. The van der Waals surface area contributed by atoms with Gasteiger partial charge in [0.25, 0.3) is 0 Å². The summed E-state index contributed by atoms with van der Waals surface area (Å²) in [6, 6.07) is 10.6. The maximum atomic E-state index is 13.6. The summed E-state index contributed by atoms with van der Waals surface area (Å²) in [7, 11) is 0. The Balaban J connectivity index is 1.53. The zero-order valence-corrected chi connectivity index (χ0v) is 19.1. The third kappa shape index (κ3) is 4.72. The lowest BCUT2D eigenvalue weighted by Gasteiger charge is -2.26. The first kappa shape index (κ1) is 21.9. The van der Waals surface area contributed by atoms with Crippen molar-refractivity contribution in [3.63, 3.8) is 0 Å². The highest BCUT2D eigenvalue weighted by atomic mass is 16.5. The van der Waals surface area contributed by atoms with Crippen LogP contribution in [0.2, 0.25) is 0 Å². The van der Waals surface area contributed by atoms with E-state index in [-0.39, 0.29) is 11.7 Å². The summed E-state index contributed by atoms with van der Waals surface area (Å²) in [6.07, 6.45) is 9.43. The van der Waals surface area contributed by atoms with Gasteiger partial charge in [0.05, 0.1) is 17.1 Å². The Morgan fingerprint density at radius 1 is 1.09 bits per heavy atom. The molecular weight excluding hydrogens is 416 g/mol. The molecule has 3 heterocycles. The van der Waals surface area contributed by atoms with E-state index in [4.69, 9.17) is 15.5 Å². The third-order valence-corrected chi connectivity index (χ3v) is 6.78. The van der Waals surface area contributed by atoms with Gasteiger partial charge in [-0.25, -0.2) is 14.8 Å². The van der Waals surface area contributed by atoms with Crippen LogP contribution in [0.5, 0.6) is 0 Å². The smallest absolute Gasteiger partial charge is 0.333 e. The van der Waals surface area contributed by atoms with Crippen molar-refractivity contribution in [1.82, 2.24) is 19.1 Å². The minimum atomic E-state index is -0.0445. The molecule has 1 saturated carbocycles. The van der Waals surface area contributed by atoms with E-state index in [1.54, 1.807) is 10.8 Å². The van der Waals surface area contributed by atoms with Crippen molar-refractivity contribution in [2.45, 2.75) is 63.6 Å². The first-order chi connectivity index (χ1) is 16.1. The standard InChI is InChI=1S/C25H32N6O2/c1-17-3-2-4-21(15-17)31-23(16-30(25(31)32)20-10-13-33-14-11-20)22-9-12-27-24(29-22)28-19-7-5-18(26)6-8-19/h2-4,9,12,15-16,18-20H,5-8,10-11,13-14,26H2,1H3,(H,27,28,29). The van der Waals surface area contributed by atoms with Crippen LogP contribution in [0, 0.1) is 6.92 Å². The van der Waals surface area contributed by atoms with E-state index in [9.17, 15) is 4.79 Å². The molecule has 8 nitrogen and oxygen atoms in total. The molecule has 2 aromatic heterocycles. The van der Waals surface area contributed by atoms with Gasteiger partial charge < -0.3 is 15.8 Å². The van der Waals surface area contributed by atoms with Gasteiger partial charge in [-0.2, -0.15) is 0 Å². The molecule has 5 rings (SSSR count). The fourth-order valence-electron chi connectivity index (χ4n) is 4.90. The van der Waals surface area contributed by atoms with E-state index in [0.29, 0.717) is 31.2 Å². The zero-order valence-electron chi connectivity index (χ0n) is 19.1. The van der Waals surface area contributed by atoms with Crippen LogP contribution < -0.4 is 16.7 Å².